The van der Waals surface area contributed by atoms with Gasteiger partial charge in [-0.25, -0.2) is 9.37 Å². The van der Waals surface area contributed by atoms with Crippen LogP contribution in [0.5, 0.6) is 0 Å². The molecule has 1 atom stereocenters. The van der Waals surface area contributed by atoms with Gasteiger partial charge < -0.3 is 9.47 Å². The lowest BCUT2D eigenvalue weighted by molar-refractivity contribution is -0.117. The molecule has 0 spiro atoms. The van der Waals surface area contributed by atoms with Crippen LogP contribution in [-0.2, 0) is 11.3 Å². The van der Waals surface area contributed by atoms with Gasteiger partial charge in [0, 0.05) is 35.2 Å². The summed E-state index contributed by atoms with van der Waals surface area (Å²) in [4.78, 5) is 19.7. The van der Waals surface area contributed by atoms with E-state index < -0.39 is 0 Å². The second-order valence-electron chi connectivity index (χ2n) is 8.50. The van der Waals surface area contributed by atoms with Crippen molar-refractivity contribution in [2.75, 3.05) is 11.4 Å². The van der Waals surface area contributed by atoms with Crippen LogP contribution in [0.2, 0.25) is 5.02 Å². The van der Waals surface area contributed by atoms with E-state index in [0.717, 1.165) is 33.7 Å². The highest BCUT2D eigenvalue weighted by atomic mass is 35.5. The highest BCUT2D eigenvalue weighted by molar-refractivity contribution is 6.31. The number of hydrogen-bond acceptors (Lipinski definition) is 2. The van der Waals surface area contributed by atoms with Gasteiger partial charge in [-0.1, -0.05) is 35.9 Å². The van der Waals surface area contributed by atoms with Gasteiger partial charge in [0.1, 0.15) is 11.6 Å². The molecule has 32 heavy (non-hydrogen) atoms. The number of amides is 1. The normalized spacial score (nSPS) is 16.3. The van der Waals surface area contributed by atoms with E-state index >= 15 is 0 Å². The molecule has 162 valence electrons. The van der Waals surface area contributed by atoms with E-state index in [1.807, 2.05) is 59.7 Å². The summed E-state index contributed by atoms with van der Waals surface area (Å²) in [7, 11) is 0. The van der Waals surface area contributed by atoms with E-state index in [1.165, 1.54) is 6.07 Å². The van der Waals surface area contributed by atoms with Crippen molar-refractivity contribution in [3.63, 3.8) is 0 Å². The first-order chi connectivity index (χ1) is 15.4. The van der Waals surface area contributed by atoms with E-state index in [-0.39, 0.29) is 24.2 Å². The van der Waals surface area contributed by atoms with Crippen LogP contribution in [0.25, 0.3) is 11.0 Å². The van der Waals surface area contributed by atoms with Gasteiger partial charge in [0.05, 0.1) is 17.6 Å². The number of carbonyl (C=O) groups excluding carboxylic acids is 1. The standard InChI is InChI=1S/C26H23ClFN3O/c1-16-10-17(2)12-19(11-16)30-14-18(13-25(30)32)26-29-23-8-3-4-9-24(23)31(26)15-20-21(27)6-5-7-22(20)28/h3-12,18H,13-15H2,1-2H3/t18-/m0/s1. The van der Waals surface area contributed by atoms with E-state index in [1.54, 1.807) is 12.1 Å². The molecule has 0 aliphatic carbocycles. The number of fused-ring (bicyclic) bond motifs is 1. The molecule has 0 N–H and O–H groups in total. The molecule has 0 saturated carbocycles. The zero-order chi connectivity index (χ0) is 22.4. The van der Waals surface area contributed by atoms with Gasteiger partial charge >= 0.3 is 0 Å². The first-order valence-electron chi connectivity index (χ1n) is 10.7. The molecular formula is C26H23ClFN3O. The number of nitrogens with zero attached hydrogens (tertiary/aromatic N) is 3. The van der Waals surface area contributed by atoms with E-state index in [9.17, 15) is 9.18 Å². The lowest BCUT2D eigenvalue weighted by atomic mass is 10.1. The maximum absolute atomic E-state index is 14.6. The lowest BCUT2D eigenvalue weighted by Crippen LogP contribution is -2.24. The zero-order valence-corrected chi connectivity index (χ0v) is 18.7. The Hall–Kier alpha value is -3.18. The Morgan fingerprint density at radius 1 is 1.06 bits per heavy atom. The molecule has 1 aromatic heterocycles. The molecule has 6 heteroatoms. The van der Waals surface area contributed by atoms with Gasteiger partial charge in [-0.2, -0.15) is 0 Å². The lowest BCUT2D eigenvalue weighted by Gasteiger charge is -2.19. The fourth-order valence-electron chi connectivity index (χ4n) is 4.65. The number of aromatic nitrogens is 2. The van der Waals surface area contributed by atoms with Gasteiger partial charge in [0.25, 0.3) is 0 Å². The summed E-state index contributed by atoms with van der Waals surface area (Å²) in [6.07, 6.45) is 0.362. The Bertz CT molecular complexity index is 1310. The number of aryl methyl sites for hydroxylation is 2. The van der Waals surface area contributed by atoms with Gasteiger partial charge in [-0.3, -0.25) is 4.79 Å². The van der Waals surface area contributed by atoms with Crippen molar-refractivity contribution in [3.8, 4) is 0 Å². The van der Waals surface area contributed by atoms with Crippen molar-refractivity contribution in [1.29, 1.82) is 0 Å². The summed E-state index contributed by atoms with van der Waals surface area (Å²) < 4.78 is 16.6. The van der Waals surface area contributed by atoms with Gasteiger partial charge in [0.2, 0.25) is 5.91 Å². The Morgan fingerprint density at radius 3 is 2.56 bits per heavy atom. The van der Waals surface area contributed by atoms with E-state index in [0.29, 0.717) is 23.6 Å². The van der Waals surface area contributed by atoms with Crippen molar-refractivity contribution in [2.45, 2.75) is 32.7 Å². The summed E-state index contributed by atoms with van der Waals surface area (Å²) in [5.74, 6) is 0.412. The molecule has 2 heterocycles. The number of rotatable bonds is 4. The first kappa shape index (κ1) is 20.7. The van der Waals surface area contributed by atoms with Crippen molar-refractivity contribution in [3.05, 3.63) is 94.0 Å². The van der Waals surface area contributed by atoms with Crippen molar-refractivity contribution in [2.24, 2.45) is 0 Å². The van der Waals surface area contributed by atoms with Crippen LogP contribution in [0.3, 0.4) is 0 Å². The molecule has 5 rings (SSSR count). The molecule has 0 radical (unpaired) electrons. The molecule has 4 nitrogen and oxygen atoms in total. The van der Waals surface area contributed by atoms with E-state index in [4.69, 9.17) is 16.6 Å². The minimum atomic E-state index is -0.347. The Labute approximate surface area is 191 Å². The SMILES string of the molecule is Cc1cc(C)cc(N2C[C@@H](c3nc4ccccc4n3Cc3c(F)cccc3Cl)CC2=O)c1. The molecule has 1 amide bonds. The summed E-state index contributed by atoms with van der Waals surface area (Å²) in [5, 5.41) is 0.382. The quantitative estimate of drug-likeness (QED) is 0.384. The zero-order valence-electron chi connectivity index (χ0n) is 18.0. The van der Waals surface area contributed by atoms with Gasteiger partial charge in [-0.15, -0.1) is 0 Å². The molecule has 1 saturated heterocycles. The van der Waals surface area contributed by atoms with Crippen molar-refractivity contribution in [1.82, 2.24) is 9.55 Å². The highest BCUT2D eigenvalue weighted by Gasteiger charge is 2.35. The monoisotopic (exact) mass is 447 g/mol. The number of para-hydroxylation sites is 2. The fraction of sp³-hybridized carbons (Fsp3) is 0.231. The van der Waals surface area contributed by atoms with Crippen LogP contribution in [0.4, 0.5) is 10.1 Å². The molecule has 1 aliphatic rings. The third kappa shape index (κ3) is 3.67. The second-order valence-corrected chi connectivity index (χ2v) is 8.90. The highest BCUT2D eigenvalue weighted by Crippen LogP contribution is 2.35. The topological polar surface area (TPSA) is 38.1 Å². The summed E-state index contributed by atoms with van der Waals surface area (Å²) in [6, 6.07) is 18.7. The van der Waals surface area contributed by atoms with Crippen LogP contribution < -0.4 is 4.90 Å². The average Bonchev–Trinajstić information content (AvgIpc) is 3.30. The maximum atomic E-state index is 14.6. The summed E-state index contributed by atoms with van der Waals surface area (Å²) in [5.41, 5.74) is 5.31. The van der Waals surface area contributed by atoms with Crippen molar-refractivity contribution >= 4 is 34.2 Å². The summed E-state index contributed by atoms with van der Waals surface area (Å²) in [6.45, 7) is 4.86. The maximum Gasteiger partial charge on any atom is 0.227 e. The molecular weight excluding hydrogens is 425 g/mol. The number of imidazole rings is 1. The smallest absolute Gasteiger partial charge is 0.227 e. The van der Waals surface area contributed by atoms with Gasteiger partial charge in [0.15, 0.2) is 0 Å². The minimum absolute atomic E-state index is 0.0718. The Balaban J connectivity index is 1.56. The molecule has 0 bridgehead atoms. The third-order valence-electron chi connectivity index (χ3n) is 6.07. The number of carbonyl (C=O) groups is 1. The minimum Gasteiger partial charge on any atom is -0.323 e. The summed E-state index contributed by atoms with van der Waals surface area (Å²) >= 11 is 6.33. The van der Waals surface area contributed by atoms with E-state index in [2.05, 4.69) is 6.07 Å². The Kier molecular flexibility index (Phi) is 5.22. The average molecular weight is 448 g/mol. The van der Waals surface area contributed by atoms with Crippen LogP contribution in [-0.4, -0.2) is 22.0 Å². The third-order valence-corrected chi connectivity index (χ3v) is 6.42. The van der Waals surface area contributed by atoms with Gasteiger partial charge in [-0.05, 0) is 61.4 Å². The molecule has 1 fully saturated rings. The van der Waals surface area contributed by atoms with Crippen LogP contribution >= 0.6 is 11.6 Å². The number of benzene rings is 3. The number of anilines is 1. The predicted octanol–water partition coefficient (Wildman–Crippen LogP) is 6.01. The molecule has 1 aliphatic heterocycles. The molecule has 4 aromatic rings. The van der Waals surface area contributed by atoms with Crippen LogP contribution in [0.15, 0.2) is 60.7 Å². The Morgan fingerprint density at radius 2 is 1.81 bits per heavy atom. The number of halogens is 2. The largest absolute Gasteiger partial charge is 0.323 e. The predicted molar refractivity (Wildman–Crippen MR) is 126 cm³/mol. The van der Waals surface area contributed by atoms with Crippen LogP contribution in [0.1, 0.15) is 34.9 Å². The molecule has 0 unspecified atom stereocenters. The van der Waals surface area contributed by atoms with Crippen LogP contribution in [0, 0.1) is 19.7 Å². The number of hydrogen-bond donors (Lipinski definition) is 0. The van der Waals surface area contributed by atoms with Crippen molar-refractivity contribution < 1.29 is 9.18 Å². The second kappa shape index (κ2) is 8.06. The fourth-order valence-corrected chi connectivity index (χ4v) is 4.87. The first-order valence-corrected chi connectivity index (χ1v) is 11.0. The molecule has 3 aromatic carbocycles.